The maximum atomic E-state index is 11.8. The van der Waals surface area contributed by atoms with Gasteiger partial charge in [0.1, 0.15) is 0 Å². The molecule has 1 aromatic rings. The molecular formula is C14H17NO. The largest absolute Gasteiger partial charge is 0.312 e. The Balaban J connectivity index is 2.23. The number of hydrogen-bond donors (Lipinski definition) is 0. The van der Waals surface area contributed by atoms with Crippen molar-refractivity contribution >= 4 is 11.6 Å². The molecule has 1 atom stereocenters. The van der Waals surface area contributed by atoms with Gasteiger partial charge in [-0.2, -0.15) is 0 Å². The van der Waals surface area contributed by atoms with Crippen molar-refractivity contribution in [2.24, 2.45) is 5.92 Å². The van der Waals surface area contributed by atoms with Gasteiger partial charge in [0.15, 0.2) is 0 Å². The molecule has 2 nitrogen and oxygen atoms in total. The highest BCUT2D eigenvalue weighted by Crippen LogP contribution is 2.26. The van der Waals surface area contributed by atoms with Crippen LogP contribution in [0.3, 0.4) is 0 Å². The average Bonchev–Trinajstić information content (AvgIpc) is 2.71. The number of rotatable bonds is 3. The van der Waals surface area contributed by atoms with E-state index in [9.17, 15) is 4.79 Å². The molecule has 1 saturated heterocycles. The summed E-state index contributed by atoms with van der Waals surface area (Å²) in [4.78, 5) is 13.7. The molecule has 1 heterocycles. The summed E-state index contributed by atoms with van der Waals surface area (Å²) < 4.78 is 0. The molecule has 0 aliphatic carbocycles. The van der Waals surface area contributed by atoms with Gasteiger partial charge in [-0.25, -0.2) is 0 Å². The zero-order valence-electron chi connectivity index (χ0n) is 9.65. The highest BCUT2D eigenvalue weighted by atomic mass is 16.2. The molecule has 0 N–H and O–H groups in total. The molecule has 2 rings (SSSR count). The van der Waals surface area contributed by atoms with E-state index in [4.69, 9.17) is 0 Å². The highest BCUT2D eigenvalue weighted by Gasteiger charge is 2.28. The maximum Gasteiger partial charge on any atom is 0.227 e. The van der Waals surface area contributed by atoms with E-state index in [-0.39, 0.29) is 5.91 Å². The predicted molar refractivity (Wildman–Crippen MR) is 66.5 cm³/mol. The Morgan fingerprint density at radius 2 is 2.38 bits per heavy atom. The van der Waals surface area contributed by atoms with E-state index in [1.54, 1.807) is 0 Å². The second-order valence-corrected chi connectivity index (χ2v) is 4.23. The van der Waals surface area contributed by atoms with Crippen molar-refractivity contribution in [2.45, 2.75) is 19.8 Å². The first kappa shape index (κ1) is 10.9. The lowest BCUT2D eigenvalue weighted by Gasteiger charge is -2.16. The van der Waals surface area contributed by atoms with Gasteiger partial charge in [0.2, 0.25) is 5.91 Å². The molecule has 1 aromatic carbocycles. The van der Waals surface area contributed by atoms with Crippen molar-refractivity contribution in [1.82, 2.24) is 0 Å². The fourth-order valence-electron chi connectivity index (χ4n) is 2.09. The predicted octanol–water partition coefficient (Wildman–Crippen LogP) is 2.79. The summed E-state index contributed by atoms with van der Waals surface area (Å²) >= 11 is 0. The Morgan fingerprint density at radius 1 is 1.56 bits per heavy atom. The fourth-order valence-corrected chi connectivity index (χ4v) is 2.09. The second-order valence-electron chi connectivity index (χ2n) is 4.23. The van der Waals surface area contributed by atoms with Gasteiger partial charge in [-0.3, -0.25) is 4.79 Å². The summed E-state index contributed by atoms with van der Waals surface area (Å²) in [5.74, 6) is 0.510. The fraction of sp³-hybridized carbons (Fsp3) is 0.357. The lowest BCUT2D eigenvalue weighted by Crippen LogP contribution is -2.24. The van der Waals surface area contributed by atoms with E-state index in [1.165, 1.54) is 5.56 Å². The Labute approximate surface area is 96.6 Å². The van der Waals surface area contributed by atoms with Gasteiger partial charge in [-0.05, 0) is 24.1 Å². The lowest BCUT2D eigenvalue weighted by molar-refractivity contribution is -0.117. The van der Waals surface area contributed by atoms with E-state index in [2.05, 4.69) is 25.6 Å². The Hall–Kier alpha value is -1.57. The van der Waals surface area contributed by atoms with Crippen LogP contribution in [0.5, 0.6) is 0 Å². The van der Waals surface area contributed by atoms with Crippen LogP contribution in [-0.4, -0.2) is 12.5 Å². The highest BCUT2D eigenvalue weighted by molar-refractivity contribution is 5.96. The van der Waals surface area contributed by atoms with Crippen LogP contribution in [0.1, 0.15) is 18.9 Å². The van der Waals surface area contributed by atoms with Crippen LogP contribution in [0.25, 0.3) is 0 Å². The number of benzene rings is 1. The quantitative estimate of drug-likeness (QED) is 0.710. The van der Waals surface area contributed by atoms with Gasteiger partial charge in [-0.15, -0.1) is 6.58 Å². The van der Waals surface area contributed by atoms with Gasteiger partial charge in [0.05, 0.1) is 0 Å². The Morgan fingerprint density at radius 3 is 3.00 bits per heavy atom. The van der Waals surface area contributed by atoms with Gasteiger partial charge in [0, 0.05) is 24.6 Å². The normalized spacial score (nSPS) is 20.2. The van der Waals surface area contributed by atoms with Crippen LogP contribution in [0.2, 0.25) is 0 Å². The molecule has 0 spiro atoms. The number of hydrogen-bond acceptors (Lipinski definition) is 1. The smallest absolute Gasteiger partial charge is 0.227 e. The monoisotopic (exact) mass is 215 g/mol. The standard InChI is InChI=1S/C14H17NO/c1-3-11-6-5-7-13(8-11)15-10-12(4-2)9-14(15)16/h4-8,12H,2-3,9-10H2,1H3. The van der Waals surface area contributed by atoms with E-state index in [1.807, 2.05) is 23.1 Å². The average molecular weight is 215 g/mol. The summed E-state index contributed by atoms with van der Waals surface area (Å²) in [6.45, 7) is 6.66. The summed E-state index contributed by atoms with van der Waals surface area (Å²) in [7, 11) is 0. The molecule has 1 aliphatic heterocycles. The number of carbonyl (C=O) groups is 1. The first-order valence-electron chi connectivity index (χ1n) is 5.76. The molecule has 1 fully saturated rings. The molecule has 16 heavy (non-hydrogen) atoms. The van der Waals surface area contributed by atoms with Crippen molar-refractivity contribution in [3.63, 3.8) is 0 Å². The third kappa shape index (κ3) is 2.01. The minimum absolute atomic E-state index is 0.207. The Bertz CT molecular complexity index is 411. The van der Waals surface area contributed by atoms with Gasteiger partial charge in [0.25, 0.3) is 0 Å². The topological polar surface area (TPSA) is 20.3 Å². The number of nitrogens with zero attached hydrogens (tertiary/aromatic N) is 1. The van der Waals surface area contributed by atoms with Crippen LogP contribution in [0, 0.1) is 5.92 Å². The molecular weight excluding hydrogens is 198 g/mol. The van der Waals surface area contributed by atoms with Gasteiger partial charge >= 0.3 is 0 Å². The van der Waals surface area contributed by atoms with Crippen molar-refractivity contribution in [2.75, 3.05) is 11.4 Å². The number of aryl methyl sites for hydroxylation is 1. The van der Waals surface area contributed by atoms with Gasteiger partial charge < -0.3 is 4.90 Å². The minimum Gasteiger partial charge on any atom is -0.312 e. The van der Waals surface area contributed by atoms with Crippen LogP contribution in [0.4, 0.5) is 5.69 Å². The molecule has 0 saturated carbocycles. The van der Waals surface area contributed by atoms with Crippen LogP contribution >= 0.6 is 0 Å². The zero-order valence-corrected chi connectivity index (χ0v) is 9.65. The molecule has 1 aliphatic rings. The van der Waals surface area contributed by atoms with Crippen LogP contribution in [0.15, 0.2) is 36.9 Å². The molecule has 2 heteroatoms. The van der Waals surface area contributed by atoms with E-state index < -0.39 is 0 Å². The molecule has 84 valence electrons. The van der Waals surface area contributed by atoms with Crippen molar-refractivity contribution < 1.29 is 4.79 Å². The third-order valence-corrected chi connectivity index (χ3v) is 3.12. The van der Waals surface area contributed by atoms with Gasteiger partial charge in [-0.1, -0.05) is 25.1 Å². The first-order valence-corrected chi connectivity index (χ1v) is 5.76. The molecule has 0 bridgehead atoms. The molecule has 1 unspecified atom stereocenters. The Kier molecular flexibility index (Phi) is 3.09. The summed E-state index contributed by atoms with van der Waals surface area (Å²) in [5.41, 5.74) is 2.29. The first-order chi connectivity index (χ1) is 7.74. The summed E-state index contributed by atoms with van der Waals surface area (Å²) in [5, 5.41) is 0. The number of amides is 1. The molecule has 0 aromatic heterocycles. The van der Waals surface area contributed by atoms with Crippen molar-refractivity contribution in [3.05, 3.63) is 42.5 Å². The SMILES string of the molecule is C=CC1CC(=O)N(c2cccc(CC)c2)C1. The minimum atomic E-state index is 0.207. The molecule has 1 amide bonds. The maximum absolute atomic E-state index is 11.8. The van der Waals surface area contributed by atoms with E-state index >= 15 is 0 Å². The van der Waals surface area contributed by atoms with E-state index in [0.717, 1.165) is 18.7 Å². The van der Waals surface area contributed by atoms with E-state index in [0.29, 0.717) is 12.3 Å². The van der Waals surface area contributed by atoms with Crippen LogP contribution in [-0.2, 0) is 11.2 Å². The third-order valence-electron chi connectivity index (χ3n) is 3.12. The molecule has 0 radical (unpaired) electrons. The van der Waals surface area contributed by atoms with Crippen molar-refractivity contribution in [1.29, 1.82) is 0 Å². The van der Waals surface area contributed by atoms with Crippen LogP contribution < -0.4 is 4.90 Å². The summed E-state index contributed by atoms with van der Waals surface area (Å²) in [6.07, 6.45) is 3.47. The summed E-state index contributed by atoms with van der Waals surface area (Å²) in [6, 6.07) is 8.21. The van der Waals surface area contributed by atoms with Crippen molar-refractivity contribution in [3.8, 4) is 0 Å². The number of anilines is 1. The lowest BCUT2D eigenvalue weighted by atomic mass is 10.1. The second kappa shape index (κ2) is 4.52. The number of carbonyl (C=O) groups excluding carboxylic acids is 1. The zero-order chi connectivity index (χ0) is 11.5.